The molecule has 2 aliphatic carbocycles. The predicted octanol–water partition coefficient (Wildman–Crippen LogP) is 2.17. The van der Waals surface area contributed by atoms with Crippen LogP contribution in [0.15, 0.2) is 47.8 Å². The fraction of sp³-hybridized carbons (Fsp3) is 0.389. The number of carboxylic acids is 1. The lowest BCUT2D eigenvalue weighted by atomic mass is 9.82. The van der Waals surface area contributed by atoms with E-state index in [1.165, 1.54) is 0 Å². The lowest BCUT2D eigenvalue weighted by molar-refractivity contribution is -0.147. The van der Waals surface area contributed by atoms with E-state index in [2.05, 4.69) is 10.3 Å². The van der Waals surface area contributed by atoms with Crippen LogP contribution in [-0.2, 0) is 16.1 Å². The zero-order chi connectivity index (χ0) is 16.6. The summed E-state index contributed by atoms with van der Waals surface area (Å²) in [5.41, 5.74) is 3.10. The molecule has 1 heterocycles. The van der Waals surface area contributed by atoms with E-state index in [0.717, 1.165) is 16.7 Å². The first-order valence-corrected chi connectivity index (χ1v) is 7.75. The average Bonchev–Trinajstić information content (AvgIpc) is 3.09. The number of nitrogens with one attached hydrogen (secondary N) is 1. The third kappa shape index (κ3) is 2.67. The summed E-state index contributed by atoms with van der Waals surface area (Å²) in [5.74, 6) is -2.57. The standard InChI is InChI=1S/C18H20N2O3/c1-10(2)14-12-5-6-13(14)16(18(22)23)15(12)17(21)20-9-11-4-3-7-19-8-11/h3-8,12-13,15-16H,9H2,1-2H3,(H,20,21)(H,22,23)/t12-,13-,15+,16-/m0/s1. The van der Waals surface area contributed by atoms with E-state index in [1.54, 1.807) is 12.4 Å². The summed E-state index contributed by atoms with van der Waals surface area (Å²) in [5, 5.41) is 12.5. The number of hydrogen-bond donors (Lipinski definition) is 2. The van der Waals surface area contributed by atoms with Crippen LogP contribution in [0.5, 0.6) is 0 Å². The van der Waals surface area contributed by atoms with Gasteiger partial charge in [-0.15, -0.1) is 0 Å². The van der Waals surface area contributed by atoms with Gasteiger partial charge >= 0.3 is 5.97 Å². The minimum atomic E-state index is -0.901. The number of rotatable bonds is 4. The van der Waals surface area contributed by atoms with Gasteiger partial charge in [-0.1, -0.05) is 29.4 Å². The molecule has 5 nitrogen and oxygen atoms in total. The van der Waals surface area contributed by atoms with Gasteiger partial charge in [0, 0.05) is 30.8 Å². The smallest absolute Gasteiger partial charge is 0.308 e. The maximum Gasteiger partial charge on any atom is 0.308 e. The summed E-state index contributed by atoms with van der Waals surface area (Å²) in [6.45, 7) is 4.33. The molecular formula is C18H20N2O3. The number of aliphatic carboxylic acids is 1. The highest BCUT2D eigenvalue weighted by atomic mass is 16.4. The van der Waals surface area contributed by atoms with Gasteiger partial charge in [-0.25, -0.2) is 0 Å². The summed E-state index contributed by atoms with van der Waals surface area (Å²) >= 11 is 0. The molecule has 120 valence electrons. The summed E-state index contributed by atoms with van der Waals surface area (Å²) in [4.78, 5) is 28.4. The number of fused-ring (bicyclic) bond motifs is 2. The molecule has 0 unspecified atom stereocenters. The molecule has 2 N–H and O–H groups in total. The van der Waals surface area contributed by atoms with Gasteiger partial charge in [0.15, 0.2) is 0 Å². The summed E-state index contributed by atoms with van der Waals surface area (Å²) in [6, 6.07) is 3.69. The largest absolute Gasteiger partial charge is 0.481 e. The molecule has 1 aromatic heterocycles. The van der Waals surface area contributed by atoms with Crippen molar-refractivity contribution in [2.75, 3.05) is 0 Å². The van der Waals surface area contributed by atoms with Crippen LogP contribution in [0.2, 0.25) is 0 Å². The van der Waals surface area contributed by atoms with Gasteiger partial charge in [0.25, 0.3) is 0 Å². The Hall–Kier alpha value is -2.43. The van der Waals surface area contributed by atoms with E-state index in [4.69, 9.17) is 0 Å². The van der Waals surface area contributed by atoms with Crippen molar-refractivity contribution in [2.45, 2.75) is 20.4 Å². The van der Waals surface area contributed by atoms with Crippen LogP contribution in [0.25, 0.3) is 0 Å². The number of nitrogens with zero attached hydrogens (tertiary/aromatic N) is 1. The van der Waals surface area contributed by atoms with Crippen molar-refractivity contribution in [1.82, 2.24) is 10.3 Å². The number of aromatic nitrogens is 1. The van der Waals surface area contributed by atoms with Crippen LogP contribution >= 0.6 is 0 Å². The van der Waals surface area contributed by atoms with Crippen LogP contribution < -0.4 is 5.32 Å². The monoisotopic (exact) mass is 312 g/mol. The minimum absolute atomic E-state index is 0.0972. The number of amides is 1. The number of allylic oxidation sites excluding steroid dienone is 4. The Kier molecular flexibility index (Phi) is 4.03. The van der Waals surface area contributed by atoms with Crippen molar-refractivity contribution >= 4 is 11.9 Å². The Labute approximate surface area is 135 Å². The van der Waals surface area contributed by atoms with E-state index in [1.807, 2.05) is 38.1 Å². The van der Waals surface area contributed by atoms with E-state index in [9.17, 15) is 14.7 Å². The van der Waals surface area contributed by atoms with E-state index in [-0.39, 0.29) is 17.7 Å². The molecule has 1 saturated carbocycles. The Morgan fingerprint density at radius 1 is 1.22 bits per heavy atom. The highest BCUT2D eigenvalue weighted by Gasteiger charge is 2.54. The first-order chi connectivity index (χ1) is 11.0. The van der Waals surface area contributed by atoms with Crippen molar-refractivity contribution in [3.05, 3.63) is 53.4 Å². The van der Waals surface area contributed by atoms with Crippen molar-refractivity contribution in [1.29, 1.82) is 0 Å². The number of carbonyl (C=O) groups excluding carboxylic acids is 1. The Bertz CT molecular complexity index is 689. The lowest BCUT2D eigenvalue weighted by Gasteiger charge is -2.23. The molecule has 0 aromatic carbocycles. The molecule has 2 aliphatic rings. The molecule has 23 heavy (non-hydrogen) atoms. The van der Waals surface area contributed by atoms with Gasteiger partial charge < -0.3 is 10.4 Å². The van der Waals surface area contributed by atoms with E-state index < -0.39 is 17.8 Å². The minimum Gasteiger partial charge on any atom is -0.481 e. The Morgan fingerprint density at radius 2 is 1.91 bits per heavy atom. The first-order valence-electron chi connectivity index (χ1n) is 7.75. The van der Waals surface area contributed by atoms with Gasteiger partial charge in [0.1, 0.15) is 0 Å². The molecule has 1 fully saturated rings. The van der Waals surface area contributed by atoms with Crippen LogP contribution in [0.3, 0.4) is 0 Å². The van der Waals surface area contributed by atoms with Crippen molar-refractivity contribution in [2.24, 2.45) is 23.7 Å². The molecule has 0 aliphatic heterocycles. The first kappa shape index (κ1) is 15.5. The lowest BCUT2D eigenvalue weighted by Crippen LogP contribution is -2.39. The third-order valence-electron chi connectivity index (χ3n) is 4.76. The predicted molar refractivity (Wildman–Crippen MR) is 85.2 cm³/mol. The summed E-state index contributed by atoms with van der Waals surface area (Å²) in [7, 11) is 0. The summed E-state index contributed by atoms with van der Waals surface area (Å²) in [6.07, 6.45) is 7.29. The van der Waals surface area contributed by atoms with Gasteiger partial charge in [0.05, 0.1) is 11.8 Å². The van der Waals surface area contributed by atoms with E-state index in [0.29, 0.717) is 6.54 Å². The topological polar surface area (TPSA) is 79.3 Å². The second kappa shape index (κ2) is 5.99. The van der Waals surface area contributed by atoms with Crippen LogP contribution in [0.1, 0.15) is 19.4 Å². The molecule has 1 aromatic rings. The van der Waals surface area contributed by atoms with E-state index >= 15 is 0 Å². The zero-order valence-corrected chi connectivity index (χ0v) is 13.2. The highest BCUT2D eigenvalue weighted by Crippen LogP contribution is 2.53. The molecule has 0 saturated heterocycles. The molecule has 0 spiro atoms. The van der Waals surface area contributed by atoms with Crippen molar-refractivity contribution in [3.8, 4) is 0 Å². The maximum absolute atomic E-state index is 12.6. The third-order valence-corrected chi connectivity index (χ3v) is 4.76. The SMILES string of the molecule is CC(C)=C1[C@@H]2C=C[C@@H]1[C@@H](C(=O)NCc1cccnc1)[C@H]2C(=O)O. The fourth-order valence-corrected chi connectivity index (χ4v) is 3.85. The number of pyridine rings is 1. The molecule has 1 amide bonds. The summed E-state index contributed by atoms with van der Waals surface area (Å²) < 4.78 is 0. The van der Waals surface area contributed by atoms with Gasteiger partial charge in [0.2, 0.25) is 5.91 Å². The number of carboxylic acid groups (broad SMARTS) is 1. The van der Waals surface area contributed by atoms with Crippen molar-refractivity contribution < 1.29 is 14.7 Å². The maximum atomic E-state index is 12.6. The quantitative estimate of drug-likeness (QED) is 0.835. The molecule has 4 atom stereocenters. The second-order valence-corrected chi connectivity index (χ2v) is 6.36. The van der Waals surface area contributed by atoms with Gasteiger partial charge in [-0.3, -0.25) is 14.6 Å². The van der Waals surface area contributed by atoms with Gasteiger partial charge in [-0.05, 0) is 25.5 Å². The molecular weight excluding hydrogens is 292 g/mol. The molecule has 3 rings (SSSR count). The average molecular weight is 312 g/mol. The van der Waals surface area contributed by atoms with Crippen molar-refractivity contribution in [3.63, 3.8) is 0 Å². The molecule has 0 radical (unpaired) electrons. The van der Waals surface area contributed by atoms with Crippen LogP contribution in [0.4, 0.5) is 0 Å². The molecule has 2 bridgehead atoms. The van der Waals surface area contributed by atoms with Crippen LogP contribution in [0, 0.1) is 23.7 Å². The Morgan fingerprint density at radius 3 is 2.48 bits per heavy atom. The zero-order valence-electron chi connectivity index (χ0n) is 13.2. The second-order valence-electron chi connectivity index (χ2n) is 6.36. The Balaban J connectivity index is 1.80. The number of carbonyl (C=O) groups is 2. The molecule has 5 heteroatoms. The fourth-order valence-electron chi connectivity index (χ4n) is 3.85. The number of hydrogen-bond acceptors (Lipinski definition) is 3. The normalized spacial score (nSPS) is 28.0. The highest BCUT2D eigenvalue weighted by molar-refractivity contribution is 5.88. The van der Waals surface area contributed by atoms with Gasteiger partial charge in [-0.2, -0.15) is 0 Å². The van der Waals surface area contributed by atoms with Crippen LogP contribution in [-0.4, -0.2) is 22.0 Å².